The van der Waals surface area contributed by atoms with Crippen LogP contribution in [0.1, 0.15) is 22.4 Å². The van der Waals surface area contributed by atoms with E-state index in [4.69, 9.17) is 4.74 Å². The van der Waals surface area contributed by atoms with Crippen LogP contribution in [-0.2, 0) is 13.1 Å². The number of ether oxygens (including phenoxy) is 1. The lowest BCUT2D eigenvalue weighted by molar-refractivity contribution is 0.410. The van der Waals surface area contributed by atoms with E-state index in [0.717, 1.165) is 29.4 Å². The third-order valence-corrected chi connectivity index (χ3v) is 4.20. The van der Waals surface area contributed by atoms with E-state index in [2.05, 4.69) is 45.7 Å². The van der Waals surface area contributed by atoms with Gasteiger partial charge in [-0.05, 0) is 31.0 Å². The molecule has 3 aromatic rings. The van der Waals surface area contributed by atoms with Gasteiger partial charge in [0.1, 0.15) is 11.6 Å². The van der Waals surface area contributed by atoms with Crippen molar-refractivity contribution in [3.8, 4) is 5.75 Å². The molecule has 3 rings (SSSR count). The average molecular weight is 348 g/mol. The molecular weight excluding hydrogens is 324 g/mol. The molecule has 0 unspecified atom stereocenters. The molecule has 26 heavy (non-hydrogen) atoms. The first-order chi connectivity index (χ1) is 12.7. The van der Waals surface area contributed by atoms with Gasteiger partial charge in [-0.3, -0.25) is 0 Å². The highest BCUT2D eigenvalue weighted by Crippen LogP contribution is 2.19. The summed E-state index contributed by atoms with van der Waals surface area (Å²) < 4.78 is 5.39. The fourth-order valence-corrected chi connectivity index (χ4v) is 2.76. The number of aromatic nitrogens is 2. The Morgan fingerprint density at radius 2 is 1.54 bits per heavy atom. The summed E-state index contributed by atoms with van der Waals surface area (Å²) in [6.07, 6.45) is 0. The number of anilines is 2. The van der Waals surface area contributed by atoms with Crippen molar-refractivity contribution in [2.45, 2.75) is 26.9 Å². The summed E-state index contributed by atoms with van der Waals surface area (Å²) in [5.41, 5.74) is 4.50. The quantitative estimate of drug-likeness (QED) is 0.666. The van der Waals surface area contributed by atoms with Crippen LogP contribution < -0.4 is 15.4 Å². The molecule has 0 aliphatic carbocycles. The molecule has 5 heteroatoms. The van der Waals surface area contributed by atoms with Crippen LogP contribution in [0.3, 0.4) is 0 Å². The number of aryl methyl sites for hydroxylation is 2. The number of para-hydroxylation sites is 1. The van der Waals surface area contributed by atoms with Gasteiger partial charge >= 0.3 is 0 Å². The molecular formula is C21H24N4O. The fraction of sp³-hybridized carbons (Fsp3) is 0.238. The second-order valence-corrected chi connectivity index (χ2v) is 6.16. The lowest BCUT2D eigenvalue weighted by Gasteiger charge is -2.12. The SMILES string of the molecule is COc1ccccc1CNc1nc(C)cc(NCc2ccccc2C)n1. The number of nitrogens with one attached hydrogen (secondary N) is 2. The van der Waals surface area contributed by atoms with Gasteiger partial charge < -0.3 is 15.4 Å². The van der Waals surface area contributed by atoms with Crippen LogP contribution in [0.25, 0.3) is 0 Å². The topological polar surface area (TPSA) is 59.1 Å². The van der Waals surface area contributed by atoms with Gasteiger partial charge in [-0.2, -0.15) is 4.98 Å². The molecule has 2 N–H and O–H groups in total. The predicted molar refractivity (Wildman–Crippen MR) is 106 cm³/mol. The van der Waals surface area contributed by atoms with Crippen LogP contribution >= 0.6 is 0 Å². The van der Waals surface area contributed by atoms with E-state index in [9.17, 15) is 0 Å². The van der Waals surface area contributed by atoms with Crippen LogP contribution in [0.5, 0.6) is 5.75 Å². The van der Waals surface area contributed by atoms with Crippen molar-refractivity contribution >= 4 is 11.8 Å². The van der Waals surface area contributed by atoms with E-state index < -0.39 is 0 Å². The standard InChI is InChI=1S/C21H24N4O/c1-15-8-4-5-9-17(15)13-22-20-12-16(2)24-21(25-20)23-14-18-10-6-7-11-19(18)26-3/h4-12H,13-14H2,1-3H3,(H2,22,23,24,25). The van der Waals surface area contributed by atoms with Crippen molar-refractivity contribution < 1.29 is 4.74 Å². The minimum absolute atomic E-state index is 0.600. The first-order valence-electron chi connectivity index (χ1n) is 8.65. The van der Waals surface area contributed by atoms with Gasteiger partial charge in [0.05, 0.1) is 7.11 Å². The minimum Gasteiger partial charge on any atom is -0.496 e. The van der Waals surface area contributed by atoms with Crippen molar-refractivity contribution in [1.29, 1.82) is 0 Å². The molecule has 0 amide bonds. The lowest BCUT2D eigenvalue weighted by atomic mass is 10.1. The van der Waals surface area contributed by atoms with Crippen LogP contribution in [0, 0.1) is 13.8 Å². The lowest BCUT2D eigenvalue weighted by Crippen LogP contribution is -2.09. The molecule has 0 fully saturated rings. The smallest absolute Gasteiger partial charge is 0.225 e. The Hall–Kier alpha value is -3.08. The van der Waals surface area contributed by atoms with Crippen molar-refractivity contribution in [2.24, 2.45) is 0 Å². The van der Waals surface area contributed by atoms with E-state index >= 15 is 0 Å². The van der Waals surface area contributed by atoms with Gasteiger partial charge in [-0.25, -0.2) is 4.98 Å². The Bertz CT molecular complexity index is 879. The molecule has 5 nitrogen and oxygen atoms in total. The summed E-state index contributed by atoms with van der Waals surface area (Å²) in [4.78, 5) is 9.05. The van der Waals surface area contributed by atoms with E-state index in [0.29, 0.717) is 12.5 Å². The van der Waals surface area contributed by atoms with E-state index in [1.165, 1.54) is 11.1 Å². The number of methoxy groups -OCH3 is 1. The summed E-state index contributed by atoms with van der Waals surface area (Å²) in [6, 6.07) is 18.2. The van der Waals surface area contributed by atoms with Gasteiger partial charge in [-0.1, -0.05) is 42.5 Å². The van der Waals surface area contributed by atoms with Crippen LogP contribution in [-0.4, -0.2) is 17.1 Å². The van der Waals surface area contributed by atoms with E-state index in [-0.39, 0.29) is 0 Å². The minimum atomic E-state index is 0.600. The number of hydrogen-bond donors (Lipinski definition) is 2. The van der Waals surface area contributed by atoms with Crippen LogP contribution in [0.2, 0.25) is 0 Å². The van der Waals surface area contributed by atoms with Crippen LogP contribution in [0.4, 0.5) is 11.8 Å². The van der Waals surface area contributed by atoms with Crippen molar-refractivity contribution in [3.63, 3.8) is 0 Å². The third-order valence-electron chi connectivity index (χ3n) is 4.20. The number of nitrogens with zero attached hydrogens (tertiary/aromatic N) is 2. The zero-order valence-corrected chi connectivity index (χ0v) is 15.4. The van der Waals surface area contributed by atoms with Gasteiger partial charge in [0, 0.05) is 30.4 Å². The van der Waals surface area contributed by atoms with Gasteiger partial charge in [-0.15, -0.1) is 0 Å². The molecule has 0 saturated heterocycles. The molecule has 1 aromatic heterocycles. The van der Waals surface area contributed by atoms with Gasteiger partial charge in [0.2, 0.25) is 5.95 Å². The Morgan fingerprint density at radius 3 is 2.31 bits per heavy atom. The zero-order chi connectivity index (χ0) is 18.4. The van der Waals surface area contributed by atoms with Crippen molar-refractivity contribution in [1.82, 2.24) is 9.97 Å². The molecule has 0 saturated carbocycles. The molecule has 0 atom stereocenters. The van der Waals surface area contributed by atoms with Crippen LogP contribution in [0.15, 0.2) is 54.6 Å². The highest BCUT2D eigenvalue weighted by molar-refractivity contribution is 5.44. The summed E-state index contributed by atoms with van der Waals surface area (Å²) in [6.45, 7) is 5.41. The van der Waals surface area contributed by atoms with E-state index in [1.54, 1.807) is 7.11 Å². The Labute approximate surface area is 154 Å². The molecule has 0 bridgehead atoms. The van der Waals surface area contributed by atoms with Crippen molar-refractivity contribution in [3.05, 3.63) is 77.0 Å². The molecule has 0 aliphatic heterocycles. The monoisotopic (exact) mass is 348 g/mol. The van der Waals surface area contributed by atoms with E-state index in [1.807, 2.05) is 43.3 Å². The largest absolute Gasteiger partial charge is 0.496 e. The maximum Gasteiger partial charge on any atom is 0.225 e. The molecule has 2 aromatic carbocycles. The summed E-state index contributed by atoms with van der Waals surface area (Å²) in [7, 11) is 1.68. The number of hydrogen-bond acceptors (Lipinski definition) is 5. The average Bonchev–Trinajstić information content (AvgIpc) is 2.65. The predicted octanol–water partition coefficient (Wildman–Crippen LogP) is 4.33. The summed E-state index contributed by atoms with van der Waals surface area (Å²) in [5.74, 6) is 2.26. The molecule has 134 valence electrons. The highest BCUT2D eigenvalue weighted by atomic mass is 16.5. The summed E-state index contributed by atoms with van der Waals surface area (Å²) >= 11 is 0. The third kappa shape index (κ3) is 4.51. The summed E-state index contributed by atoms with van der Waals surface area (Å²) in [5, 5.41) is 6.67. The highest BCUT2D eigenvalue weighted by Gasteiger charge is 2.06. The first-order valence-corrected chi connectivity index (χ1v) is 8.65. The zero-order valence-electron chi connectivity index (χ0n) is 15.4. The van der Waals surface area contributed by atoms with Gasteiger partial charge in [0.25, 0.3) is 0 Å². The molecule has 0 spiro atoms. The maximum absolute atomic E-state index is 5.39. The maximum atomic E-state index is 5.39. The molecule has 0 radical (unpaired) electrons. The Morgan fingerprint density at radius 1 is 0.846 bits per heavy atom. The second-order valence-electron chi connectivity index (χ2n) is 6.16. The van der Waals surface area contributed by atoms with Crippen molar-refractivity contribution in [2.75, 3.05) is 17.7 Å². The second kappa shape index (κ2) is 8.34. The first kappa shape index (κ1) is 17.7. The normalized spacial score (nSPS) is 10.4. The molecule has 0 aliphatic rings. The number of rotatable bonds is 7. The fourth-order valence-electron chi connectivity index (χ4n) is 2.76. The Balaban J connectivity index is 1.68. The molecule has 1 heterocycles. The van der Waals surface area contributed by atoms with Gasteiger partial charge in [0.15, 0.2) is 0 Å². The Kier molecular flexibility index (Phi) is 5.69. The number of benzene rings is 2.